The van der Waals surface area contributed by atoms with Crippen molar-refractivity contribution in [2.24, 2.45) is 17.6 Å². The fourth-order valence-electron chi connectivity index (χ4n) is 2.71. The second-order valence-corrected chi connectivity index (χ2v) is 5.82. The molecule has 0 saturated heterocycles. The van der Waals surface area contributed by atoms with Crippen LogP contribution in [0.3, 0.4) is 0 Å². The van der Waals surface area contributed by atoms with Crippen LogP contribution in [0.4, 0.5) is 0 Å². The monoisotopic (exact) mass is 224 g/mol. The van der Waals surface area contributed by atoms with Gasteiger partial charge in [0.05, 0.1) is 5.92 Å². The third-order valence-corrected chi connectivity index (χ3v) is 3.72. The molecule has 1 amide bonds. The van der Waals surface area contributed by atoms with Gasteiger partial charge in [0.15, 0.2) is 0 Å². The van der Waals surface area contributed by atoms with Gasteiger partial charge in [0, 0.05) is 18.6 Å². The highest BCUT2D eigenvalue weighted by atomic mass is 16.2. The molecule has 2 atom stereocenters. The van der Waals surface area contributed by atoms with Crippen molar-refractivity contribution in [1.82, 2.24) is 4.90 Å². The molecule has 2 aliphatic carbocycles. The van der Waals surface area contributed by atoms with E-state index in [0.29, 0.717) is 17.9 Å². The van der Waals surface area contributed by atoms with Gasteiger partial charge in [-0.2, -0.15) is 0 Å². The number of nitrogens with zero attached hydrogens (tertiary/aromatic N) is 1. The molecule has 2 aliphatic rings. The Bertz CT molecular complexity index is 261. The first-order valence-corrected chi connectivity index (χ1v) is 6.65. The molecule has 0 heterocycles. The number of amides is 1. The normalized spacial score (nSPS) is 29.8. The van der Waals surface area contributed by atoms with Gasteiger partial charge in [-0.1, -0.05) is 20.3 Å². The molecule has 2 N–H and O–H groups in total. The van der Waals surface area contributed by atoms with Gasteiger partial charge in [-0.25, -0.2) is 0 Å². The second-order valence-electron chi connectivity index (χ2n) is 5.82. The molecular weight excluding hydrogens is 200 g/mol. The summed E-state index contributed by atoms with van der Waals surface area (Å²) < 4.78 is 0. The zero-order valence-electron chi connectivity index (χ0n) is 10.5. The van der Waals surface area contributed by atoms with Gasteiger partial charge >= 0.3 is 0 Å². The summed E-state index contributed by atoms with van der Waals surface area (Å²) in [5.41, 5.74) is 6.02. The number of carbonyl (C=O) groups excluding carboxylic acids is 1. The molecule has 0 aromatic carbocycles. The Hall–Kier alpha value is -0.570. The van der Waals surface area contributed by atoms with Crippen molar-refractivity contribution in [3.63, 3.8) is 0 Å². The van der Waals surface area contributed by atoms with Gasteiger partial charge in [-0.15, -0.1) is 0 Å². The van der Waals surface area contributed by atoms with E-state index in [9.17, 15) is 4.79 Å². The van der Waals surface area contributed by atoms with Crippen LogP contribution in [-0.2, 0) is 4.79 Å². The van der Waals surface area contributed by atoms with E-state index < -0.39 is 0 Å². The van der Waals surface area contributed by atoms with E-state index in [-0.39, 0.29) is 12.0 Å². The van der Waals surface area contributed by atoms with Crippen LogP contribution in [0.15, 0.2) is 0 Å². The molecule has 0 aromatic heterocycles. The lowest BCUT2D eigenvalue weighted by molar-refractivity contribution is -0.136. The van der Waals surface area contributed by atoms with Gasteiger partial charge in [0.1, 0.15) is 0 Å². The Morgan fingerprint density at radius 1 is 1.31 bits per heavy atom. The van der Waals surface area contributed by atoms with Crippen LogP contribution in [-0.4, -0.2) is 29.4 Å². The summed E-state index contributed by atoms with van der Waals surface area (Å²) in [5, 5.41) is 0. The molecule has 0 radical (unpaired) electrons. The van der Waals surface area contributed by atoms with E-state index in [1.54, 1.807) is 0 Å². The van der Waals surface area contributed by atoms with Gasteiger partial charge in [0.25, 0.3) is 0 Å². The highest BCUT2D eigenvalue weighted by Crippen LogP contribution is 2.32. The highest BCUT2D eigenvalue weighted by Gasteiger charge is 2.39. The molecule has 92 valence electrons. The maximum atomic E-state index is 12.4. The number of hydrogen-bond acceptors (Lipinski definition) is 2. The van der Waals surface area contributed by atoms with Gasteiger partial charge in [-0.05, 0) is 31.6 Å². The Morgan fingerprint density at radius 3 is 2.44 bits per heavy atom. The largest absolute Gasteiger partial charge is 0.339 e. The summed E-state index contributed by atoms with van der Waals surface area (Å²) in [6.07, 6.45) is 5.54. The zero-order valence-corrected chi connectivity index (χ0v) is 10.5. The van der Waals surface area contributed by atoms with Crippen molar-refractivity contribution in [2.75, 3.05) is 6.54 Å². The highest BCUT2D eigenvalue weighted by molar-refractivity contribution is 5.80. The Kier molecular flexibility index (Phi) is 3.53. The first-order valence-electron chi connectivity index (χ1n) is 6.65. The molecule has 3 heteroatoms. The molecule has 2 unspecified atom stereocenters. The van der Waals surface area contributed by atoms with Crippen molar-refractivity contribution in [3.05, 3.63) is 0 Å². The van der Waals surface area contributed by atoms with E-state index in [0.717, 1.165) is 25.8 Å². The molecule has 0 spiro atoms. The number of carbonyl (C=O) groups is 1. The van der Waals surface area contributed by atoms with E-state index in [2.05, 4.69) is 18.7 Å². The lowest BCUT2D eigenvalue weighted by Gasteiger charge is -2.28. The summed E-state index contributed by atoms with van der Waals surface area (Å²) in [6, 6.07) is 0.642. The van der Waals surface area contributed by atoms with Crippen LogP contribution < -0.4 is 5.73 Å². The van der Waals surface area contributed by atoms with Crippen LogP contribution in [0.25, 0.3) is 0 Å². The smallest absolute Gasteiger partial charge is 0.227 e. The molecule has 16 heavy (non-hydrogen) atoms. The minimum atomic E-state index is 0.111. The van der Waals surface area contributed by atoms with Crippen molar-refractivity contribution in [2.45, 2.75) is 58.0 Å². The van der Waals surface area contributed by atoms with Crippen LogP contribution in [0.5, 0.6) is 0 Å². The average Bonchev–Trinajstić information content (AvgIpc) is 2.97. The van der Waals surface area contributed by atoms with E-state index >= 15 is 0 Å². The molecule has 0 aliphatic heterocycles. The minimum absolute atomic E-state index is 0.111. The quantitative estimate of drug-likeness (QED) is 0.791. The van der Waals surface area contributed by atoms with Crippen molar-refractivity contribution >= 4 is 5.91 Å². The maximum Gasteiger partial charge on any atom is 0.227 e. The molecule has 2 saturated carbocycles. The Morgan fingerprint density at radius 2 is 2.00 bits per heavy atom. The predicted octanol–water partition coefficient (Wildman–Crippen LogP) is 1.76. The van der Waals surface area contributed by atoms with E-state index in [1.165, 1.54) is 12.8 Å². The molecule has 0 aromatic rings. The maximum absolute atomic E-state index is 12.4. The number of hydrogen-bond donors (Lipinski definition) is 1. The lowest BCUT2D eigenvalue weighted by atomic mass is 10.0. The molecule has 3 nitrogen and oxygen atoms in total. The van der Waals surface area contributed by atoms with Crippen LogP contribution in [0.2, 0.25) is 0 Å². The summed E-state index contributed by atoms with van der Waals surface area (Å²) in [7, 11) is 0. The van der Waals surface area contributed by atoms with Crippen LogP contribution >= 0.6 is 0 Å². The Labute approximate surface area is 98.4 Å². The minimum Gasteiger partial charge on any atom is -0.339 e. The topological polar surface area (TPSA) is 46.3 Å². The fourth-order valence-corrected chi connectivity index (χ4v) is 2.71. The molecular formula is C13H24N2O. The molecule has 2 rings (SSSR count). The molecule has 0 bridgehead atoms. The standard InChI is InChI=1S/C13H24N2O/c1-9(2)8-15(10-6-7-10)13(16)11-4-3-5-12(11)14/h9-12H,3-8,14H2,1-2H3. The first-order chi connectivity index (χ1) is 7.59. The van der Waals surface area contributed by atoms with Gasteiger partial charge in [-0.3, -0.25) is 4.79 Å². The van der Waals surface area contributed by atoms with Gasteiger partial charge in [0.2, 0.25) is 5.91 Å². The second kappa shape index (κ2) is 4.74. The Balaban J connectivity index is 1.98. The predicted molar refractivity (Wildman–Crippen MR) is 64.9 cm³/mol. The summed E-state index contributed by atoms with van der Waals surface area (Å²) in [6.45, 7) is 5.27. The first kappa shape index (κ1) is 11.9. The van der Waals surface area contributed by atoms with Crippen molar-refractivity contribution in [1.29, 1.82) is 0 Å². The van der Waals surface area contributed by atoms with Crippen molar-refractivity contribution in [3.8, 4) is 0 Å². The summed E-state index contributed by atoms with van der Waals surface area (Å²) >= 11 is 0. The third kappa shape index (κ3) is 2.57. The fraction of sp³-hybridized carbons (Fsp3) is 0.923. The summed E-state index contributed by atoms with van der Waals surface area (Å²) in [5.74, 6) is 1.00. The lowest BCUT2D eigenvalue weighted by Crippen LogP contribution is -2.44. The number of nitrogens with two attached hydrogens (primary N) is 1. The van der Waals surface area contributed by atoms with Crippen LogP contribution in [0, 0.1) is 11.8 Å². The van der Waals surface area contributed by atoms with E-state index in [4.69, 9.17) is 5.73 Å². The van der Waals surface area contributed by atoms with E-state index in [1.807, 2.05) is 0 Å². The van der Waals surface area contributed by atoms with Gasteiger partial charge < -0.3 is 10.6 Å². The summed E-state index contributed by atoms with van der Waals surface area (Å²) in [4.78, 5) is 14.5. The van der Waals surface area contributed by atoms with Crippen molar-refractivity contribution < 1.29 is 4.79 Å². The average molecular weight is 224 g/mol. The molecule has 2 fully saturated rings. The third-order valence-electron chi connectivity index (χ3n) is 3.72. The van der Waals surface area contributed by atoms with Crippen LogP contribution in [0.1, 0.15) is 46.0 Å². The number of rotatable bonds is 4. The zero-order chi connectivity index (χ0) is 11.7. The SMILES string of the molecule is CC(C)CN(C(=O)C1CCCC1N)C1CC1.